The van der Waals surface area contributed by atoms with Gasteiger partial charge in [0, 0.05) is 37.7 Å². The van der Waals surface area contributed by atoms with E-state index in [4.69, 9.17) is 0 Å². The average molecular weight is 410 g/mol. The first kappa shape index (κ1) is 20.5. The van der Waals surface area contributed by atoms with Gasteiger partial charge in [-0.1, -0.05) is 24.3 Å². The zero-order valence-corrected chi connectivity index (χ0v) is 17.6. The van der Waals surface area contributed by atoms with Gasteiger partial charge in [-0.3, -0.25) is 9.59 Å². The van der Waals surface area contributed by atoms with Crippen LogP contribution in [0.15, 0.2) is 42.6 Å². The van der Waals surface area contributed by atoms with Crippen LogP contribution >= 0.6 is 0 Å². The molecule has 30 heavy (non-hydrogen) atoms. The molecule has 0 aliphatic carbocycles. The number of pyridine rings is 1. The highest BCUT2D eigenvalue weighted by Crippen LogP contribution is 2.46. The Labute approximate surface area is 176 Å². The Morgan fingerprint density at radius 3 is 2.60 bits per heavy atom. The number of fused-ring (bicyclic) bond motifs is 1. The number of aromatic nitrogens is 1. The van der Waals surface area contributed by atoms with E-state index in [9.17, 15) is 14.0 Å². The van der Waals surface area contributed by atoms with Crippen LogP contribution in [0.4, 0.5) is 4.39 Å². The van der Waals surface area contributed by atoms with E-state index in [1.807, 2.05) is 36.0 Å². The van der Waals surface area contributed by atoms with Crippen molar-refractivity contribution in [2.75, 3.05) is 40.3 Å². The fourth-order valence-corrected chi connectivity index (χ4v) is 4.84. The lowest BCUT2D eigenvalue weighted by atomic mass is 9.87. The minimum Gasteiger partial charge on any atom is -0.336 e. The maximum absolute atomic E-state index is 14.1. The number of amides is 2. The first-order valence-corrected chi connectivity index (χ1v) is 10.3. The molecule has 1 aromatic carbocycles. The maximum atomic E-state index is 14.1. The van der Waals surface area contributed by atoms with Gasteiger partial charge < -0.3 is 14.7 Å². The number of hydrogen-bond acceptors (Lipinski definition) is 4. The third-order valence-electron chi connectivity index (χ3n) is 6.19. The molecule has 2 aliphatic rings. The summed E-state index contributed by atoms with van der Waals surface area (Å²) in [6.07, 6.45) is 1.44. The minimum atomic E-state index is -0.599. The van der Waals surface area contributed by atoms with Crippen molar-refractivity contribution in [3.05, 3.63) is 65.2 Å². The van der Waals surface area contributed by atoms with Gasteiger partial charge in [-0.05, 0) is 44.3 Å². The second-order valence-corrected chi connectivity index (χ2v) is 8.55. The smallest absolute Gasteiger partial charge is 0.275 e. The largest absolute Gasteiger partial charge is 0.336 e. The van der Waals surface area contributed by atoms with E-state index >= 15 is 0 Å². The van der Waals surface area contributed by atoms with Crippen LogP contribution in [0.5, 0.6) is 0 Å². The van der Waals surface area contributed by atoms with Crippen molar-refractivity contribution in [3.63, 3.8) is 0 Å². The lowest BCUT2D eigenvalue weighted by molar-refractivity contribution is -0.133. The van der Waals surface area contributed by atoms with Crippen LogP contribution in [0.2, 0.25) is 0 Å². The van der Waals surface area contributed by atoms with E-state index in [-0.39, 0.29) is 35.4 Å². The summed E-state index contributed by atoms with van der Waals surface area (Å²) in [5, 5.41) is 0. The predicted octanol–water partition coefficient (Wildman–Crippen LogP) is 2.36. The highest BCUT2D eigenvalue weighted by molar-refractivity contribution is 5.92. The number of rotatable bonds is 4. The number of halogens is 1. The molecule has 0 saturated carbocycles. The summed E-state index contributed by atoms with van der Waals surface area (Å²) in [5.41, 5.74) is 2.12. The van der Waals surface area contributed by atoms with Gasteiger partial charge in [-0.15, -0.1) is 0 Å². The SMILES string of the molecule is Cc1ccccc1[C@H]1[C@@H]2CN(C(=O)c3ncccc3F)C[C@@H]2CN1C(=O)CN(C)C. The third-order valence-corrected chi connectivity index (χ3v) is 6.19. The van der Waals surface area contributed by atoms with Crippen LogP contribution < -0.4 is 0 Å². The van der Waals surface area contributed by atoms with Gasteiger partial charge >= 0.3 is 0 Å². The number of carbonyl (C=O) groups is 2. The van der Waals surface area contributed by atoms with Crippen LogP contribution in [0.25, 0.3) is 0 Å². The highest BCUT2D eigenvalue weighted by Gasteiger charge is 2.50. The molecule has 2 saturated heterocycles. The number of likely N-dealkylation sites (tertiary alicyclic amines) is 2. The molecule has 3 heterocycles. The molecule has 0 spiro atoms. The molecule has 0 unspecified atom stereocenters. The maximum Gasteiger partial charge on any atom is 0.275 e. The molecule has 1 aromatic heterocycles. The zero-order valence-electron chi connectivity index (χ0n) is 17.6. The Morgan fingerprint density at radius 2 is 1.90 bits per heavy atom. The summed E-state index contributed by atoms with van der Waals surface area (Å²) in [7, 11) is 3.78. The van der Waals surface area contributed by atoms with Gasteiger partial charge in [-0.2, -0.15) is 0 Å². The molecule has 0 N–H and O–H groups in total. The van der Waals surface area contributed by atoms with E-state index in [2.05, 4.69) is 24.0 Å². The zero-order chi connectivity index (χ0) is 21.4. The van der Waals surface area contributed by atoms with Crippen molar-refractivity contribution in [1.82, 2.24) is 19.7 Å². The Morgan fingerprint density at radius 1 is 1.13 bits per heavy atom. The summed E-state index contributed by atoms with van der Waals surface area (Å²) in [4.78, 5) is 35.4. The highest BCUT2D eigenvalue weighted by atomic mass is 19.1. The molecule has 158 valence electrons. The van der Waals surface area contributed by atoms with Crippen LogP contribution in [0, 0.1) is 24.6 Å². The Balaban J connectivity index is 1.62. The number of likely N-dealkylation sites (N-methyl/N-ethyl adjacent to an activating group) is 1. The molecular formula is C23H27FN4O2. The van der Waals surface area contributed by atoms with Gasteiger partial charge in [0.05, 0.1) is 12.6 Å². The molecule has 2 fully saturated rings. The molecule has 7 heteroatoms. The summed E-state index contributed by atoms with van der Waals surface area (Å²) < 4.78 is 14.1. The summed E-state index contributed by atoms with van der Waals surface area (Å²) >= 11 is 0. The van der Waals surface area contributed by atoms with E-state index in [1.165, 1.54) is 18.3 Å². The molecule has 4 rings (SSSR count). The van der Waals surface area contributed by atoms with Crippen LogP contribution in [-0.4, -0.2) is 71.8 Å². The molecule has 2 aliphatic heterocycles. The standard InChI is InChI=1S/C23H27FN4O2/c1-15-7-4-5-8-17(15)22-18-13-27(23(30)21-19(24)9-6-10-25-21)11-16(18)12-28(22)20(29)14-26(2)3/h4-10,16,18,22H,11-14H2,1-3H3/t16-,18-,22+/m1/s1. The fraction of sp³-hybridized carbons (Fsp3) is 0.435. The van der Waals surface area contributed by atoms with Gasteiger partial charge in [0.2, 0.25) is 5.91 Å². The number of benzene rings is 1. The summed E-state index contributed by atoms with van der Waals surface area (Å²) in [5.74, 6) is -0.601. The number of carbonyl (C=O) groups excluding carboxylic acids is 2. The number of aryl methyl sites for hydroxylation is 1. The Kier molecular flexibility index (Phi) is 5.56. The van der Waals surface area contributed by atoms with Gasteiger partial charge in [-0.25, -0.2) is 9.37 Å². The molecule has 2 aromatic rings. The molecule has 6 nitrogen and oxygen atoms in total. The van der Waals surface area contributed by atoms with Crippen molar-refractivity contribution in [3.8, 4) is 0 Å². The first-order valence-electron chi connectivity index (χ1n) is 10.3. The van der Waals surface area contributed by atoms with E-state index in [0.717, 1.165) is 11.1 Å². The molecule has 2 amide bonds. The van der Waals surface area contributed by atoms with Crippen LogP contribution in [0.1, 0.15) is 27.7 Å². The Hall–Kier alpha value is -2.80. The van der Waals surface area contributed by atoms with Crippen molar-refractivity contribution in [1.29, 1.82) is 0 Å². The van der Waals surface area contributed by atoms with Gasteiger partial charge in [0.1, 0.15) is 0 Å². The topological polar surface area (TPSA) is 56.8 Å². The van der Waals surface area contributed by atoms with E-state index < -0.39 is 5.82 Å². The summed E-state index contributed by atoms with van der Waals surface area (Å²) in [6, 6.07) is 10.8. The molecule has 3 atom stereocenters. The molecule has 0 bridgehead atoms. The molecular weight excluding hydrogens is 383 g/mol. The number of hydrogen-bond donors (Lipinski definition) is 0. The van der Waals surface area contributed by atoms with Gasteiger partial charge in [0.25, 0.3) is 5.91 Å². The fourth-order valence-electron chi connectivity index (χ4n) is 4.84. The lowest BCUT2D eigenvalue weighted by Gasteiger charge is -2.31. The predicted molar refractivity (Wildman–Crippen MR) is 111 cm³/mol. The quantitative estimate of drug-likeness (QED) is 0.777. The number of nitrogens with zero attached hydrogens (tertiary/aromatic N) is 4. The van der Waals surface area contributed by atoms with Gasteiger partial charge in [0.15, 0.2) is 11.5 Å². The van der Waals surface area contributed by atoms with Crippen LogP contribution in [-0.2, 0) is 4.79 Å². The van der Waals surface area contributed by atoms with Crippen molar-refractivity contribution >= 4 is 11.8 Å². The van der Waals surface area contributed by atoms with Crippen LogP contribution in [0.3, 0.4) is 0 Å². The van der Waals surface area contributed by atoms with E-state index in [0.29, 0.717) is 26.2 Å². The van der Waals surface area contributed by atoms with Crippen molar-refractivity contribution in [2.24, 2.45) is 11.8 Å². The van der Waals surface area contributed by atoms with E-state index in [1.54, 1.807) is 4.90 Å². The average Bonchev–Trinajstić information content (AvgIpc) is 3.26. The monoisotopic (exact) mass is 410 g/mol. The van der Waals surface area contributed by atoms with Crippen molar-refractivity contribution < 1.29 is 14.0 Å². The first-order chi connectivity index (χ1) is 14.4. The second-order valence-electron chi connectivity index (χ2n) is 8.55. The Bertz CT molecular complexity index is 964. The molecule has 0 radical (unpaired) electrons. The summed E-state index contributed by atoms with van der Waals surface area (Å²) in [6.45, 7) is 4.00. The third kappa shape index (κ3) is 3.69. The second kappa shape index (κ2) is 8.14. The minimum absolute atomic E-state index is 0.0879. The van der Waals surface area contributed by atoms with Crippen molar-refractivity contribution in [2.45, 2.75) is 13.0 Å². The normalized spacial score (nSPS) is 23.2. The lowest BCUT2D eigenvalue weighted by Crippen LogP contribution is -2.41.